The van der Waals surface area contributed by atoms with Crippen LogP contribution in [0.1, 0.15) is 11.1 Å². The minimum absolute atomic E-state index is 0.0525. The molecule has 0 aliphatic rings. The molecule has 0 aliphatic carbocycles. The van der Waals surface area contributed by atoms with Gasteiger partial charge in [-0.05, 0) is 29.0 Å². The molecule has 4 aromatic rings. The Labute approximate surface area is 162 Å². The molecule has 136 valence electrons. The number of fused-ring (bicyclic) bond motifs is 1. The maximum Gasteiger partial charge on any atom is 0.270 e. The van der Waals surface area contributed by atoms with Gasteiger partial charge in [0.05, 0.1) is 11.9 Å². The Balaban J connectivity index is 1.65. The van der Waals surface area contributed by atoms with Crippen LogP contribution in [0.15, 0.2) is 63.8 Å². The average molecular weight is 389 g/mol. The fourth-order valence-corrected chi connectivity index (χ4v) is 3.51. The van der Waals surface area contributed by atoms with Crippen LogP contribution < -0.4 is 11.0 Å². The summed E-state index contributed by atoms with van der Waals surface area (Å²) < 4.78 is 15.1. The highest BCUT2D eigenvalue weighted by Gasteiger charge is 2.13. The molecule has 4 rings (SSSR count). The number of nitrogens with one attached hydrogen (secondary N) is 2. The normalized spacial score (nSPS) is 11.0. The lowest BCUT2D eigenvalue weighted by molar-refractivity contribution is 0.628. The number of H-pyrrole nitrogens is 1. The molecule has 0 saturated heterocycles. The van der Waals surface area contributed by atoms with Crippen molar-refractivity contribution in [3.63, 3.8) is 0 Å². The van der Waals surface area contributed by atoms with E-state index in [4.69, 9.17) is 0 Å². The van der Waals surface area contributed by atoms with E-state index >= 15 is 0 Å². The smallest absolute Gasteiger partial charge is 0.270 e. The maximum atomic E-state index is 14.1. The zero-order valence-corrected chi connectivity index (χ0v) is 15.1. The van der Waals surface area contributed by atoms with E-state index in [2.05, 4.69) is 20.5 Å². The molecule has 8 heteroatoms. The van der Waals surface area contributed by atoms with Crippen LogP contribution in [0.25, 0.3) is 21.3 Å². The summed E-state index contributed by atoms with van der Waals surface area (Å²) in [5, 5.41) is 16.0. The summed E-state index contributed by atoms with van der Waals surface area (Å²) in [5.74, 6) is -0.348. The quantitative estimate of drug-likeness (QED) is 0.406. The van der Waals surface area contributed by atoms with E-state index in [0.29, 0.717) is 11.1 Å². The lowest BCUT2D eigenvalue weighted by Gasteiger charge is -2.06. The number of nitrogens with zero attached hydrogens (tertiary/aromatic N) is 3. The highest BCUT2D eigenvalue weighted by molar-refractivity contribution is 7.17. The molecule has 0 bridgehead atoms. The third-order valence-corrected chi connectivity index (χ3v) is 4.90. The summed E-state index contributed by atoms with van der Waals surface area (Å²) in [6.07, 6.45) is 1.31. The zero-order chi connectivity index (χ0) is 19.5. The molecule has 2 N–H and O–H groups in total. The Kier molecular flexibility index (Phi) is 4.66. The predicted octanol–water partition coefficient (Wildman–Crippen LogP) is 4.11. The van der Waals surface area contributed by atoms with E-state index in [0.717, 1.165) is 10.1 Å². The number of aromatic nitrogens is 2. The van der Waals surface area contributed by atoms with Gasteiger partial charge in [0.25, 0.3) is 5.56 Å². The number of nitriles is 1. The number of thiophene rings is 1. The molecule has 28 heavy (non-hydrogen) atoms. The summed E-state index contributed by atoms with van der Waals surface area (Å²) in [4.78, 5) is 18.9. The van der Waals surface area contributed by atoms with Crippen molar-refractivity contribution in [3.8, 4) is 17.3 Å². The first-order valence-electron chi connectivity index (χ1n) is 8.21. The number of hydrogen-bond acceptors (Lipinski definition) is 6. The molecule has 2 aromatic carbocycles. The summed E-state index contributed by atoms with van der Waals surface area (Å²) in [6.45, 7) is 0. The predicted molar refractivity (Wildman–Crippen MR) is 108 cm³/mol. The molecule has 0 aliphatic heterocycles. The van der Waals surface area contributed by atoms with Gasteiger partial charge in [-0.1, -0.05) is 30.3 Å². The van der Waals surface area contributed by atoms with Crippen molar-refractivity contribution < 1.29 is 4.39 Å². The third-order valence-electron chi connectivity index (χ3n) is 4.02. The third kappa shape index (κ3) is 3.39. The van der Waals surface area contributed by atoms with Gasteiger partial charge in [-0.25, -0.2) is 14.8 Å². The SMILES string of the molecule is N#Cc1c(-c2ccccc2)nc(NN=Cc2cc3sccc3cc2F)[nH]c1=O. The molecule has 0 saturated carbocycles. The fraction of sp³-hybridized carbons (Fsp3) is 0. The number of benzene rings is 2. The van der Waals surface area contributed by atoms with Crippen molar-refractivity contribution in [1.29, 1.82) is 5.26 Å². The van der Waals surface area contributed by atoms with Crippen LogP contribution in [0.5, 0.6) is 0 Å². The van der Waals surface area contributed by atoms with E-state index in [-0.39, 0.29) is 17.2 Å². The molecule has 0 spiro atoms. The van der Waals surface area contributed by atoms with Crippen LogP contribution in [0.3, 0.4) is 0 Å². The van der Waals surface area contributed by atoms with E-state index in [1.165, 1.54) is 23.6 Å². The van der Waals surface area contributed by atoms with Gasteiger partial charge in [-0.2, -0.15) is 10.4 Å². The number of hydrogen-bond donors (Lipinski definition) is 2. The Bertz CT molecular complexity index is 1290. The number of anilines is 1. The minimum Gasteiger partial charge on any atom is -0.290 e. The molecule has 6 nitrogen and oxygen atoms in total. The molecule has 2 aromatic heterocycles. The van der Waals surface area contributed by atoms with Crippen molar-refractivity contribution in [3.05, 3.63) is 81.2 Å². The molecular weight excluding hydrogens is 377 g/mol. The Hall–Kier alpha value is -3.83. The Morgan fingerprint density at radius 3 is 2.86 bits per heavy atom. The standard InChI is InChI=1S/C20H12FN5OS/c21-16-8-13-6-7-28-17(13)9-14(16)11-23-26-20-24-18(12-4-2-1-3-5-12)15(10-22)19(27)25-20/h1-9,11H,(H2,24,25,26,27). The molecule has 2 heterocycles. The van der Waals surface area contributed by atoms with Gasteiger partial charge >= 0.3 is 0 Å². The highest BCUT2D eigenvalue weighted by Crippen LogP contribution is 2.23. The van der Waals surface area contributed by atoms with Crippen LogP contribution >= 0.6 is 11.3 Å². The van der Waals surface area contributed by atoms with E-state index in [1.807, 2.05) is 23.6 Å². The summed E-state index contributed by atoms with van der Waals surface area (Å²) in [5.41, 5.74) is 3.11. The van der Waals surface area contributed by atoms with Crippen molar-refractivity contribution in [1.82, 2.24) is 9.97 Å². The van der Waals surface area contributed by atoms with Crippen molar-refractivity contribution in [2.24, 2.45) is 5.10 Å². The number of rotatable bonds is 4. The zero-order valence-electron chi connectivity index (χ0n) is 14.3. The van der Waals surface area contributed by atoms with Crippen LogP contribution in [0.2, 0.25) is 0 Å². The summed E-state index contributed by atoms with van der Waals surface area (Å²) in [6, 6.07) is 15.8. The Morgan fingerprint density at radius 2 is 2.07 bits per heavy atom. The van der Waals surface area contributed by atoms with Crippen LogP contribution in [0.4, 0.5) is 10.3 Å². The second-order valence-electron chi connectivity index (χ2n) is 5.82. The van der Waals surface area contributed by atoms with Gasteiger partial charge in [-0.15, -0.1) is 11.3 Å². The van der Waals surface area contributed by atoms with Gasteiger partial charge in [0.2, 0.25) is 5.95 Å². The van der Waals surface area contributed by atoms with Gasteiger partial charge in [0, 0.05) is 15.8 Å². The van der Waals surface area contributed by atoms with Crippen LogP contribution in [-0.2, 0) is 0 Å². The van der Waals surface area contributed by atoms with E-state index in [9.17, 15) is 14.4 Å². The van der Waals surface area contributed by atoms with Gasteiger partial charge in [-0.3, -0.25) is 9.78 Å². The second-order valence-corrected chi connectivity index (χ2v) is 6.77. The first-order chi connectivity index (χ1) is 13.7. The molecule has 0 unspecified atom stereocenters. The highest BCUT2D eigenvalue weighted by atomic mass is 32.1. The average Bonchev–Trinajstić information content (AvgIpc) is 3.15. The summed E-state index contributed by atoms with van der Waals surface area (Å²) >= 11 is 1.51. The van der Waals surface area contributed by atoms with Crippen LogP contribution in [0, 0.1) is 17.1 Å². The second kappa shape index (κ2) is 7.42. The topological polar surface area (TPSA) is 93.9 Å². The maximum absolute atomic E-state index is 14.1. The van der Waals surface area contributed by atoms with Gasteiger partial charge in [0.15, 0.2) is 0 Å². The molecule has 0 amide bonds. The van der Waals surface area contributed by atoms with Gasteiger partial charge < -0.3 is 0 Å². The van der Waals surface area contributed by atoms with Crippen molar-refractivity contribution in [2.75, 3.05) is 5.43 Å². The number of aromatic amines is 1. The fourth-order valence-electron chi connectivity index (χ4n) is 2.69. The molecular formula is C20H12FN5OS. The molecule has 0 fully saturated rings. The van der Waals surface area contributed by atoms with Gasteiger partial charge in [0.1, 0.15) is 17.4 Å². The van der Waals surface area contributed by atoms with Crippen molar-refractivity contribution >= 4 is 33.6 Å². The summed E-state index contributed by atoms with van der Waals surface area (Å²) in [7, 11) is 0. The lowest BCUT2D eigenvalue weighted by Crippen LogP contribution is -2.16. The first kappa shape index (κ1) is 17.6. The van der Waals surface area contributed by atoms with Crippen molar-refractivity contribution in [2.45, 2.75) is 0 Å². The largest absolute Gasteiger partial charge is 0.290 e. The lowest BCUT2D eigenvalue weighted by atomic mass is 10.1. The first-order valence-corrected chi connectivity index (χ1v) is 9.09. The van der Waals surface area contributed by atoms with E-state index < -0.39 is 11.4 Å². The molecule has 0 atom stereocenters. The number of halogens is 1. The van der Waals surface area contributed by atoms with Crippen LogP contribution in [-0.4, -0.2) is 16.2 Å². The van der Waals surface area contributed by atoms with E-state index in [1.54, 1.807) is 30.3 Å². The number of hydrazone groups is 1. The monoisotopic (exact) mass is 389 g/mol. The minimum atomic E-state index is -0.583. The Morgan fingerprint density at radius 1 is 1.25 bits per heavy atom. The molecule has 0 radical (unpaired) electrons.